The van der Waals surface area contributed by atoms with Gasteiger partial charge < -0.3 is 0 Å². The van der Waals surface area contributed by atoms with Gasteiger partial charge in [-0.15, -0.1) is 0 Å². The number of nitriles is 1. The van der Waals surface area contributed by atoms with E-state index in [0.29, 0.717) is 0 Å². The van der Waals surface area contributed by atoms with Crippen molar-refractivity contribution < 1.29 is 0 Å². The summed E-state index contributed by atoms with van der Waals surface area (Å²) < 4.78 is 0. The van der Waals surface area contributed by atoms with Crippen LogP contribution in [0.5, 0.6) is 0 Å². The minimum atomic E-state index is 0. The van der Waals surface area contributed by atoms with Gasteiger partial charge in [-0.2, -0.15) is 0 Å². The van der Waals surface area contributed by atoms with Gasteiger partial charge in [-0.05, 0) is 0 Å². The van der Waals surface area contributed by atoms with Crippen molar-refractivity contribution >= 4 is 43.3 Å². The van der Waals surface area contributed by atoms with Crippen molar-refractivity contribution in [3.05, 3.63) is 0 Å². The van der Waals surface area contributed by atoms with Crippen LogP contribution in [0.3, 0.4) is 0 Å². The van der Waals surface area contributed by atoms with Gasteiger partial charge >= 0.3 is 53.5 Å². The van der Waals surface area contributed by atoms with E-state index < -0.39 is 0 Å². The Morgan fingerprint density at radius 3 is 1.75 bits per heavy atom. The minimum absolute atomic E-state index is 0. The number of hydrogen-bond acceptors (Lipinski definition) is 1. The molecule has 0 fully saturated rings. The van der Waals surface area contributed by atoms with Crippen LogP contribution in [0.2, 0.25) is 0 Å². The molecule has 0 bridgehead atoms. The molecule has 0 rings (SSSR count). The molecule has 0 heterocycles. The standard InChI is InChI=1S/CHNSe.Pb.2H/c2-1-3;;;/h3H;;;. The quantitative estimate of drug-likeness (QED) is 0.497. The summed E-state index contributed by atoms with van der Waals surface area (Å²) in [6.07, 6.45) is 0. The van der Waals surface area contributed by atoms with E-state index in [0.717, 1.165) is 0 Å². The molecule has 0 aromatic carbocycles. The number of hydrogen-bond donors (Lipinski definition) is 0. The number of nitrogens with zero attached hydrogens (tertiary/aromatic N) is 1. The molecule has 0 N–H and O–H groups in total. The van der Waals surface area contributed by atoms with Gasteiger partial charge in [0.1, 0.15) is 0 Å². The van der Waals surface area contributed by atoms with Crippen LogP contribution in [0.25, 0.3) is 0 Å². The fourth-order valence-electron chi connectivity index (χ4n) is 0. The van der Waals surface area contributed by atoms with Gasteiger partial charge in [0.05, 0.1) is 0 Å². The van der Waals surface area contributed by atoms with Gasteiger partial charge in [-0.3, -0.25) is 0 Å². The summed E-state index contributed by atoms with van der Waals surface area (Å²) in [6, 6.07) is 0. The van der Waals surface area contributed by atoms with Gasteiger partial charge in [-0.1, -0.05) is 0 Å². The van der Waals surface area contributed by atoms with E-state index in [1.807, 2.05) is 0 Å². The molecule has 0 aliphatic carbocycles. The molecule has 0 aliphatic heterocycles. The molecular weight excluding hydrogens is 312 g/mol. The molecular formula is CH3NPbSe. The maximum atomic E-state index is 7.29. The zero-order chi connectivity index (χ0) is 2.71. The third kappa shape index (κ3) is 12.6. The molecule has 0 saturated heterocycles. The Bertz CT molecular complexity index is 29.5. The molecule has 1 nitrogen and oxygen atoms in total. The van der Waals surface area contributed by atoms with Crippen molar-refractivity contribution in [1.29, 1.82) is 5.26 Å². The van der Waals surface area contributed by atoms with Crippen molar-refractivity contribution in [2.45, 2.75) is 0 Å². The molecule has 22 valence electrons. The van der Waals surface area contributed by atoms with E-state index in [-0.39, 0.29) is 27.3 Å². The van der Waals surface area contributed by atoms with Gasteiger partial charge in [0.25, 0.3) is 0 Å². The predicted molar refractivity (Wildman–Crippen MR) is 21.3 cm³/mol. The summed E-state index contributed by atoms with van der Waals surface area (Å²) in [5.74, 6) is 0. The van der Waals surface area contributed by atoms with E-state index in [9.17, 15) is 0 Å². The molecule has 0 spiro atoms. The Balaban J connectivity index is 0. The Morgan fingerprint density at radius 2 is 1.75 bits per heavy atom. The molecule has 4 heavy (non-hydrogen) atoms. The summed E-state index contributed by atoms with van der Waals surface area (Å²) in [6.45, 7) is 0. The van der Waals surface area contributed by atoms with Crippen LogP contribution in [-0.2, 0) is 0 Å². The molecule has 0 atom stereocenters. The van der Waals surface area contributed by atoms with Crippen LogP contribution in [0.15, 0.2) is 0 Å². The normalized spacial score (nSPS) is 2.00. The topological polar surface area (TPSA) is 23.8 Å². The second-order valence-electron chi connectivity index (χ2n) is 0.100. The molecule has 3 heteroatoms. The molecule has 0 unspecified atom stereocenters. The first-order chi connectivity index (χ1) is 1.41. The van der Waals surface area contributed by atoms with Crippen molar-refractivity contribution in [3.63, 3.8) is 0 Å². The maximum absolute atomic E-state index is 7.29. The van der Waals surface area contributed by atoms with E-state index in [2.05, 4.69) is 0 Å². The van der Waals surface area contributed by atoms with Crippen LogP contribution < -0.4 is 0 Å². The van der Waals surface area contributed by atoms with Gasteiger partial charge in [0, 0.05) is 0 Å². The fraction of sp³-hybridized carbons (Fsp3) is 0. The van der Waals surface area contributed by atoms with Gasteiger partial charge in [0.2, 0.25) is 0 Å². The summed E-state index contributed by atoms with van der Waals surface area (Å²) in [4.78, 5) is 1.69. The molecule has 0 aromatic heterocycles. The first-order valence-electron chi connectivity index (χ1n) is 0.447. The average Bonchev–Trinajstić information content (AvgIpc) is 0.918. The predicted octanol–water partition coefficient (Wildman–Crippen LogP) is -1.55. The fourth-order valence-corrected chi connectivity index (χ4v) is 0. The van der Waals surface area contributed by atoms with Crippen molar-refractivity contribution in [2.24, 2.45) is 0 Å². The first kappa shape index (κ1) is 8.87. The van der Waals surface area contributed by atoms with E-state index in [1.165, 1.54) is 0 Å². The van der Waals surface area contributed by atoms with Gasteiger partial charge in [-0.25, -0.2) is 0 Å². The van der Waals surface area contributed by atoms with Gasteiger partial charge in [0.15, 0.2) is 0 Å². The second kappa shape index (κ2) is 9.06. The van der Waals surface area contributed by atoms with E-state index in [4.69, 9.17) is 5.26 Å². The molecule has 0 amide bonds. The Morgan fingerprint density at radius 1 is 1.75 bits per heavy atom. The Kier molecular flexibility index (Phi) is 20.1. The van der Waals surface area contributed by atoms with Crippen molar-refractivity contribution in [2.75, 3.05) is 0 Å². The van der Waals surface area contributed by atoms with Crippen LogP contribution in [0, 0.1) is 10.2 Å². The third-order valence-corrected chi connectivity index (χ3v) is 0. The van der Waals surface area contributed by atoms with Crippen molar-refractivity contribution in [1.82, 2.24) is 0 Å². The number of rotatable bonds is 0. The van der Waals surface area contributed by atoms with Crippen LogP contribution >= 0.6 is 0 Å². The van der Waals surface area contributed by atoms with Crippen molar-refractivity contribution in [3.8, 4) is 4.97 Å². The van der Waals surface area contributed by atoms with E-state index in [1.54, 1.807) is 21.0 Å². The third-order valence-electron chi connectivity index (χ3n) is 0. The SMILES string of the molecule is N#C[SeH].[PbH2]. The summed E-state index contributed by atoms with van der Waals surface area (Å²) >= 11 is 1.77. The second-order valence-corrected chi connectivity index (χ2v) is 0.520. The van der Waals surface area contributed by atoms with Crippen LogP contribution in [0.4, 0.5) is 0 Å². The van der Waals surface area contributed by atoms with Crippen LogP contribution in [-0.4, -0.2) is 43.3 Å². The Hall–Kier alpha value is 0.932. The monoisotopic (exact) mass is 317 g/mol. The van der Waals surface area contributed by atoms with Crippen LogP contribution in [0.1, 0.15) is 0 Å². The molecule has 2 radical (unpaired) electrons. The Labute approximate surface area is 53.3 Å². The molecule has 0 aromatic rings. The zero-order valence-electron chi connectivity index (χ0n) is 2.10. The molecule has 0 saturated carbocycles. The first-order valence-corrected chi connectivity index (χ1v) is 1.39. The zero-order valence-corrected chi connectivity index (χ0v) is 9.48. The summed E-state index contributed by atoms with van der Waals surface area (Å²) in [5, 5.41) is 7.29. The molecule has 0 aliphatic rings. The van der Waals surface area contributed by atoms with E-state index >= 15 is 0 Å². The summed E-state index contributed by atoms with van der Waals surface area (Å²) in [5.41, 5.74) is 0. The summed E-state index contributed by atoms with van der Waals surface area (Å²) in [7, 11) is 0. The average molecular weight is 315 g/mol.